The number of nitrogens with one attached hydrogen (secondary N) is 2. The van der Waals surface area contributed by atoms with E-state index in [4.69, 9.17) is 10.5 Å². The second-order valence-corrected chi connectivity index (χ2v) is 7.60. The molecule has 1 aromatic rings. The van der Waals surface area contributed by atoms with Crippen molar-refractivity contribution in [3.05, 3.63) is 18.2 Å². The molecule has 0 saturated heterocycles. The standard InChI is InChI=1S/C19H29N3O3S.ClH/c1-25-17-9-8-14(21-19(24)15(20)10-11-26-2)12-16(17)22-18(23)13-6-4-3-5-7-13;/h8-9,12-13,15H,3-7,10-11,20H2,1-2H3,(H,21,24)(H,22,23);1H/t15-;/m0./s1. The lowest BCUT2D eigenvalue weighted by Crippen LogP contribution is -2.36. The molecule has 0 radical (unpaired) electrons. The highest BCUT2D eigenvalue weighted by molar-refractivity contribution is 7.98. The Morgan fingerprint density at radius 1 is 1.26 bits per heavy atom. The number of ether oxygens (including phenoxy) is 1. The highest BCUT2D eigenvalue weighted by atomic mass is 35.5. The molecule has 4 N–H and O–H groups in total. The maximum absolute atomic E-state index is 12.5. The molecule has 1 saturated carbocycles. The molecule has 0 bridgehead atoms. The molecule has 1 atom stereocenters. The van der Waals surface area contributed by atoms with E-state index in [9.17, 15) is 9.59 Å². The van der Waals surface area contributed by atoms with E-state index in [-0.39, 0.29) is 30.1 Å². The summed E-state index contributed by atoms with van der Waals surface area (Å²) in [6, 6.07) is 4.65. The lowest BCUT2D eigenvalue weighted by molar-refractivity contribution is -0.120. The Morgan fingerprint density at radius 3 is 2.59 bits per heavy atom. The fourth-order valence-electron chi connectivity index (χ4n) is 3.09. The lowest BCUT2D eigenvalue weighted by Gasteiger charge is -2.21. The number of hydrogen-bond donors (Lipinski definition) is 3. The molecule has 0 aromatic heterocycles. The van der Waals surface area contributed by atoms with Crippen LogP contribution in [0.1, 0.15) is 38.5 Å². The fraction of sp³-hybridized carbons (Fsp3) is 0.579. The number of anilines is 2. The predicted octanol–water partition coefficient (Wildman–Crippen LogP) is 3.65. The lowest BCUT2D eigenvalue weighted by atomic mass is 9.88. The van der Waals surface area contributed by atoms with Gasteiger partial charge in [0.05, 0.1) is 18.8 Å². The van der Waals surface area contributed by atoms with Crippen molar-refractivity contribution in [2.45, 2.75) is 44.6 Å². The largest absolute Gasteiger partial charge is 0.495 e. The number of methoxy groups -OCH3 is 1. The molecule has 2 amide bonds. The SMILES string of the molecule is COc1ccc(NC(=O)[C@@H](N)CCSC)cc1NC(=O)C1CCCCC1.Cl. The summed E-state index contributed by atoms with van der Waals surface area (Å²) >= 11 is 1.66. The van der Waals surface area contributed by atoms with Crippen LogP contribution in [-0.4, -0.2) is 37.0 Å². The molecular formula is C19H30ClN3O3S. The van der Waals surface area contributed by atoms with Crippen LogP contribution in [-0.2, 0) is 9.59 Å². The smallest absolute Gasteiger partial charge is 0.241 e. The van der Waals surface area contributed by atoms with Gasteiger partial charge < -0.3 is 21.1 Å². The molecule has 1 fully saturated rings. The first kappa shape index (κ1) is 23.6. The Hall–Kier alpha value is -1.44. The maximum Gasteiger partial charge on any atom is 0.241 e. The van der Waals surface area contributed by atoms with E-state index in [1.54, 1.807) is 37.1 Å². The monoisotopic (exact) mass is 415 g/mol. The second kappa shape index (κ2) is 12.1. The van der Waals surface area contributed by atoms with Crippen LogP contribution in [0, 0.1) is 5.92 Å². The average Bonchev–Trinajstić information content (AvgIpc) is 2.67. The molecule has 0 heterocycles. The summed E-state index contributed by atoms with van der Waals surface area (Å²) in [6.07, 6.45) is 7.84. The molecule has 8 heteroatoms. The van der Waals surface area contributed by atoms with Gasteiger partial charge in [-0.3, -0.25) is 9.59 Å². The summed E-state index contributed by atoms with van der Waals surface area (Å²) in [7, 11) is 1.56. The van der Waals surface area contributed by atoms with Gasteiger partial charge in [-0.05, 0) is 49.5 Å². The number of nitrogens with two attached hydrogens (primary N) is 1. The van der Waals surface area contributed by atoms with E-state index >= 15 is 0 Å². The van der Waals surface area contributed by atoms with Crippen molar-refractivity contribution < 1.29 is 14.3 Å². The maximum atomic E-state index is 12.5. The Labute approximate surface area is 171 Å². The van der Waals surface area contributed by atoms with Crippen molar-refractivity contribution in [2.24, 2.45) is 11.7 Å². The fourth-order valence-corrected chi connectivity index (χ4v) is 3.58. The van der Waals surface area contributed by atoms with Crippen molar-refractivity contribution in [3.63, 3.8) is 0 Å². The number of halogens is 1. The van der Waals surface area contributed by atoms with Gasteiger partial charge in [-0.2, -0.15) is 11.8 Å². The average molecular weight is 416 g/mol. The van der Waals surface area contributed by atoms with E-state index in [0.29, 0.717) is 23.5 Å². The zero-order valence-corrected chi connectivity index (χ0v) is 17.6. The number of thioether (sulfide) groups is 1. The van der Waals surface area contributed by atoms with Crippen LogP contribution in [0.5, 0.6) is 5.75 Å². The van der Waals surface area contributed by atoms with E-state index in [0.717, 1.165) is 31.4 Å². The van der Waals surface area contributed by atoms with Crippen LogP contribution < -0.4 is 21.1 Å². The van der Waals surface area contributed by atoms with Crippen molar-refractivity contribution in [2.75, 3.05) is 29.8 Å². The molecule has 0 spiro atoms. The van der Waals surface area contributed by atoms with Gasteiger partial charge in [0.15, 0.2) is 0 Å². The minimum atomic E-state index is -0.551. The minimum Gasteiger partial charge on any atom is -0.495 e. The highest BCUT2D eigenvalue weighted by Crippen LogP contribution is 2.30. The van der Waals surface area contributed by atoms with Crippen LogP contribution in [0.2, 0.25) is 0 Å². The molecule has 0 aliphatic heterocycles. The summed E-state index contributed by atoms with van der Waals surface area (Å²) in [5.41, 5.74) is 7.06. The van der Waals surface area contributed by atoms with Gasteiger partial charge in [-0.25, -0.2) is 0 Å². The summed E-state index contributed by atoms with van der Waals surface area (Å²) in [5.74, 6) is 1.24. The number of amides is 2. The second-order valence-electron chi connectivity index (χ2n) is 6.62. The van der Waals surface area contributed by atoms with Gasteiger partial charge in [0.1, 0.15) is 5.75 Å². The highest BCUT2D eigenvalue weighted by Gasteiger charge is 2.22. The Bertz CT molecular complexity index is 624. The van der Waals surface area contributed by atoms with Crippen LogP contribution in [0.3, 0.4) is 0 Å². The number of hydrogen-bond acceptors (Lipinski definition) is 5. The molecule has 0 unspecified atom stereocenters. The number of carbonyl (C=O) groups excluding carboxylic acids is 2. The van der Waals surface area contributed by atoms with Gasteiger partial charge >= 0.3 is 0 Å². The third-order valence-electron chi connectivity index (χ3n) is 4.67. The van der Waals surface area contributed by atoms with Crippen molar-refractivity contribution in [1.29, 1.82) is 0 Å². The van der Waals surface area contributed by atoms with E-state index < -0.39 is 6.04 Å². The van der Waals surface area contributed by atoms with Gasteiger partial charge in [0, 0.05) is 11.6 Å². The Kier molecular flexibility index (Phi) is 10.6. The van der Waals surface area contributed by atoms with Crippen LogP contribution in [0.4, 0.5) is 11.4 Å². The number of carbonyl (C=O) groups is 2. The summed E-state index contributed by atoms with van der Waals surface area (Å²) in [5, 5.41) is 5.77. The molecule has 2 rings (SSSR count). The summed E-state index contributed by atoms with van der Waals surface area (Å²) < 4.78 is 5.34. The van der Waals surface area contributed by atoms with E-state index in [1.165, 1.54) is 6.42 Å². The molecule has 1 aliphatic rings. The molecule has 1 aliphatic carbocycles. The zero-order valence-electron chi connectivity index (χ0n) is 16.0. The van der Waals surface area contributed by atoms with Gasteiger partial charge in [0.2, 0.25) is 11.8 Å². The van der Waals surface area contributed by atoms with Crippen molar-refractivity contribution >= 4 is 47.4 Å². The van der Waals surface area contributed by atoms with E-state index in [1.807, 2.05) is 6.26 Å². The quantitative estimate of drug-likeness (QED) is 0.602. The van der Waals surface area contributed by atoms with Crippen molar-refractivity contribution in [1.82, 2.24) is 0 Å². The number of rotatable bonds is 8. The van der Waals surface area contributed by atoms with E-state index in [2.05, 4.69) is 10.6 Å². The Balaban J connectivity index is 0.00000364. The van der Waals surface area contributed by atoms with Gasteiger partial charge in [-0.1, -0.05) is 19.3 Å². The first-order valence-corrected chi connectivity index (χ1v) is 10.5. The topological polar surface area (TPSA) is 93.4 Å². The van der Waals surface area contributed by atoms with Crippen molar-refractivity contribution in [3.8, 4) is 5.75 Å². The molecular weight excluding hydrogens is 386 g/mol. The number of benzene rings is 1. The third kappa shape index (κ3) is 7.24. The Morgan fingerprint density at radius 2 is 1.96 bits per heavy atom. The normalized spacial score (nSPS) is 15.4. The molecule has 6 nitrogen and oxygen atoms in total. The van der Waals surface area contributed by atoms with Gasteiger partial charge in [0.25, 0.3) is 0 Å². The van der Waals surface area contributed by atoms with Gasteiger partial charge in [-0.15, -0.1) is 12.4 Å². The molecule has 152 valence electrons. The molecule has 27 heavy (non-hydrogen) atoms. The third-order valence-corrected chi connectivity index (χ3v) is 5.31. The predicted molar refractivity (Wildman–Crippen MR) is 115 cm³/mol. The first-order valence-electron chi connectivity index (χ1n) is 9.09. The van der Waals surface area contributed by atoms with Crippen LogP contribution >= 0.6 is 24.2 Å². The summed E-state index contributed by atoms with van der Waals surface area (Å²) in [4.78, 5) is 24.7. The first-order chi connectivity index (χ1) is 12.5. The minimum absolute atomic E-state index is 0. The summed E-state index contributed by atoms with van der Waals surface area (Å²) in [6.45, 7) is 0. The zero-order chi connectivity index (χ0) is 18.9. The van der Waals surface area contributed by atoms with Crippen LogP contribution in [0.25, 0.3) is 0 Å². The molecule has 1 aromatic carbocycles. The van der Waals surface area contributed by atoms with Crippen LogP contribution in [0.15, 0.2) is 18.2 Å².